The molecule has 1 unspecified atom stereocenters. The highest BCUT2D eigenvalue weighted by Crippen LogP contribution is 2.48. The predicted octanol–water partition coefficient (Wildman–Crippen LogP) is 5.03. The number of unbranched alkanes of at least 4 members (excludes halogenated alkanes) is 2. The second kappa shape index (κ2) is 14.2. The molecule has 1 fully saturated rings. The fourth-order valence-corrected chi connectivity index (χ4v) is 5.58. The van der Waals surface area contributed by atoms with Crippen molar-refractivity contribution < 1.29 is 24.3 Å². The lowest BCUT2D eigenvalue weighted by Crippen LogP contribution is -2.24. The lowest BCUT2D eigenvalue weighted by atomic mass is 10.1. The van der Waals surface area contributed by atoms with Crippen molar-refractivity contribution >= 4 is 35.2 Å². The van der Waals surface area contributed by atoms with Gasteiger partial charge in [-0.05, 0) is 54.7 Å². The Hall–Kier alpha value is -4.04. The standard InChI is InChI=1S/C30H31N3O5S/c34-20-25-21-39-30(24-13-9-12-23(18-24)29(36)31-19-22-10-3-1-4-11-22)33(25)26-14-6-7-15-27(26)38-17-8-2-5-16-28(35)32-37/h1,3-4,6-7,9-15,18,30,37H,2,5,8,16-17,19,21H2,(H,31,36)(H,32,35). The Bertz CT molecular complexity index is 1330. The molecule has 3 aromatic rings. The molecule has 1 saturated heterocycles. The van der Waals surface area contributed by atoms with Gasteiger partial charge in [0.1, 0.15) is 22.8 Å². The number of hydrogen-bond donors (Lipinski definition) is 3. The molecule has 0 saturated carbocycles. The van der Waals surface area contributed by atoms with Crippen molar-refractivity contribution in [3.63, 3.8) is 0 Å². The van der Waals surface area contributed by atoms with Crippen molar-refractivity contribution in [3.8, 4) is 5.75 Å². The lowest BCUT2D eigenvalue weighted by molar-refractivity contribution is -0.129. The number of carbonyl (C=O) groups excluding carboxylic acids is 3. The molecule has 1 aliphatic heterocycles. The van der Waals surface area contributed by atoms with Crippen LogP contribution in [0.2, 0.25) is 0 Å². The molecular weight excluding hydrogens is 514 g/mol. The summed E-state index contributed by atoms with van der Waals surface area (Å²) in [5.41, 5.74) is 5.37. The third kappa shape index (κ3) is 7.51. The fourth-order valence-electron chi connectivity index (χ4n) is 4.33. The first-order valence-corrected chi connectivity index (χ1v) is 13.9. The van der Waals surface area contributed by atoms with Crippen molar-refractivity contribution in [2.75, 3.05) is 17.3 Å². The first kappa shape index (κ1) is 28.0. The molecule has 0 aliphatic carbocycles. The average Bonchev–Trinajstić information content (AvgIpc) is 3.42. The van der Waals surface area contributed by atoms with Crippen molar-refractivity contribution in [1.82, 2.24) is 10.8 Å². The van der Waals surface area contributed by atoms with Crippen molar-refractivity contribution in [2.24, 2.45) is 0 Å². The Labute approximate surface area is 232 Å². The van der Waals surface area contributed by atoms with E-state index in [4.69, 9.17) is 9.94 Å². The fraction of sp³-hybridized carbons (Fsp3) is 0.267. The zero-order chi connectivity index (χ0) is 27.5. The molecule has 0 radical (unpaired) electrons. The van der Waals surface area contributed by atoms with Gasteiger partial charge in [-0.25, -0.2) is 10.3 Å². The molecule has 2 amide bonds. The summed E-state index contributed by atoms with van der Waals surface area (Å²) >= 11 is 1.59. The van der Waals surface area contributed by atoms with Crippen LogP contribution in [0, 0.1) is 0 Å². The van der Waals surface area contributed by atoms with Gasteiger partial charge in [-0.1, -0.05) is 54.6 Å². The van der Waals surface area contributed by atoms with Crippen LogP contribution in [0.4, 0.5) is 5.69 Å². The summed E-state index contributed by atoms with van der Waals surface area (Å²) in [4.78, 5) is 37.9. The molecule has 8 nitrogen and oxygen atoms in total. The molecule has 4 rings (SSSR count). The van der Waals surface area contributed by atoms with Gasteiger partial charge < -0.3 is 15.0 Å². The van der Waals surface area contributed by atoms with Crippen LogP contribution in [0.25, 0.3) is 0 Å². The number of carbonyl (C=O) groups is 2. The van der Waals surface area contributed by atoms with Crippen LogP contribution >= 0.6 is 11.8 Å². The first-order chi connectivity index (χ1) is 19.1. The van der Waals surface area contributed by atoms with Crippen molar-refractivity contribution in [1.29, 1.82) is 0 Å². The summed E-state index contributed by atoms with van der Waals surface area (Å²) < 4.78 is 6.09. The number of ether oxygens (including phenoxy) is 1. The summed E-state index contributed by atoms with van der Waals surface area (Å²) in [5, 5.41) is 11.3. The van der Waals surface area contributed by atoms with Gasteiger partial charge in [0.15, 0.2) is 0 Å². The van der Waals surface area contributed by atoms with Crippen LogP contribution in [0.15, 0.2) is 84.6 Å². The monoisotopic (exact) mass is 545 g/mol. The molecule has 1 heterocycles. The van der Waals surface area contributed by atoms with Crippen LogP contribution in [-0.4, -0.2) is 35.3 Å². The van der Waals surface area contributed by atoms with Gasteiger partial charge in [0.05, 0.1) is 12.3 Å². The lowest BCUT2D eigenvalue weighted by Gasteiger charge is -2.28. The zero-order valence-corrected chi connectivity index (χ0v) is 22.3. The van der Waals surface area contributed by atoms with Gasteiger partial charge in [0, 0.05) is 24.3 Å². The van der Waals surface area contributed by atoms with Gasteiger partial charge in [-0.2, -0.15) is 0 Å². The van der Waals surface area contributed by atoms with E-state index >= 15 is 0 Å². The zero-order valence-electron chi connectivity index (χ0n) is 21.5. The number of benzene rings is 3. The van der Waals surface area contributed by atoms with E-state index < -0.39 is 5.91 Å². The Morgan fingerprint density at radius 3 is 2.59 bits per heavy atom. The highest BCUT2D eigenvalue weighted by molar-refractivity contribution is 8.00. The number of para-hydroxylation sites is 2. The van der Waals surface area contributed by atoms with E-state index in [1.54, 1.807) is 23.3 Å². The van der Waals surface area contributed by atoms with Crippen LogP contribution in [0.5, 0.6) is 5.75 Å². The van der Waals surface area contributed by atoms with Crippen molar-refractivity contribution in [2.45, 2.75) is 37.6 Å². The SMILES string of the molecule is O=C=C1CSC(c2cccc(C(=O)NCc3ccccc3)c2)N1c1ccccc1OCCCCCC(=O)NO. The largest absolute Gasteiger partial charge is 0.491 e. The minimum absolute atomic E-state index is 0.165. The molecule has 202 valence electrons. The molecular formula is C30H31N3O5S. The van der Waals surface area contributed by atoms with E-state index in [0.29, 0.717) is 42.3 Å². The highest BCUT2D eigenvalue weighted by Gasteiger charge is 2.34. The first-order valence-electron chi connectivity index (χ1n) is 12.8. The number of thioether (sulfide) groups is 1. The van der Waals surface area contributed by atoms with Crippen molar-refractivity contribution in [3.05, 3.63) is 101 Å². The van der Waals surface area contributed by atoms with Gasteiger partial charge in [-0.3, -0.25) is 14.8 Å². The highest BCUT2D eigenvalue weighted by atomic mass is 32.2. The minimum Gasteiger partial charge on any atom is -0.491 e. The van der Waals surface area contributed by atoms with E-state index in [-0.39, 0.29) is 17.7 Å². The van der Waals surface area contributed by atoms with Gasteiger partial charge in [0.2, 0.25) is 5.91 Å². The predicted molar refractivity (Wildman–Crippen MR) is 151 cm³/mol. The maximum atomic E-state index is 12.9. The smallest absolute Gasteiger partial charge is 0.251 e. The molecule has 0 bridgehead atoms. The number of anilines is 1. The van der Waals surface area contributed by atoms with Crippen LogP contribution < -0.4 is 20.4 Å². The topological polar surface area (TPSA) is 108 Å². The summed E-state index contributed by atoms with van der Waals surface area (Å²) in [6, 6.07) is 24.8. The van der Waals surface area contributed by atoms with Gasteiger partial charge >= 0.3 is 0 Å². The maximum absolute atomic E-state index is 12.9. The van der Waals surface area contributed by atoms with E-state index in [1.807, 2.05) is 77.7 Å². The van der Waals surface area contributed by atoms with Crippen LogP contribution in [0.3, 0.4) is 0 Å². The Morgan fingerprint density at radius 2 is 1.79 bits per heavy atom. The Morgan fingerprint density at radius 1 is 1.00 bits per heavy atom. The third-order valence-electron chi connectivity index (χ3n) is 6.31. The Kier molecular flexibility index (Phi) is 10.2. The second-order valence-corrected chi connectivity index (χ2v) is 10.1. The molecule has 0 spiro atoms. The molecule has 3 N–H and O–H groups in total. The molecule has 9 heteroatoms. The third-order valence-corrected chi connectivity index (χ3v) is 7.54. The van der Waals surface area contributed by atoms with E-state index in [1.165, 1.54) is 0 Å². The number of rotatable bonds is 12. The van der Waals surface area contributed by atoms with Gasteiger partial charge in [-0.15, -0.1) is 11.8 Å². The molecule has 1 aliphatic rings. The minimum atomic E-state index is -0.398. The van der Waals surface area contributed by atoms with E-state index in [2.05, 4.69) is 11.3 Å². The Balaban J connectivity index is 1.47. The summed E-state index contributed by atoms with van der Waals surface area (Å²) in [7, 11) is 0. The molecule has 0 aromatic heterocycles. The number of nitrogens with zero attached hydrogens (tertiary/aromatic N) is 1. The normalized spacial score (nSPS) is 14.5. The molecule has 1 atom stereocenters. The molecule has 39 heavy (non-hydrogen) atoms. The van der Waals surface area contributed by atoms with E-state index in [9.17, 15) is 14.4 Å². The number of amides is 2. The molecule has 3 aromatic carbocycles. The van der Waals surface area contributed by atoms with Gasteiger partial charge in [0.25, 0.3) is 5.91 Å². The maximum Gasteiger partial charge on any atom is 0.251 e. The summed E-state index contributed by atoms with van der Waals surface area (Å²) in [6.45, 7) is 0.881. The van der Waals surface area contributed by atoms with E-state index in [0.717, 1.165) is 29.7 Å². The number of nitrogens with one attached hydrogen (secondary N) is 2. The average molecular weight is 546 g/mol. The summed E-state index contributed by atoms with van der Waals surface area (Å²) in [5.74, 6) is 2.66. The van der Waals surface area contributed by atoms with Crippen LogP contribution in [0.1, 0.15) is 52.5 Å². The number of hydroxylamine groups is 1. The number of hydrogen-bond acceptors (Lipinski definition) is 7. The summed E-state index contributed by atoms with van der Waals surface area (Å²) in [6.07, 6.45) is 2.42. The quantitative estimate of drug-likeness (QED) is 0.127. The second-order valence-electron chi connectivity index (χ2n) is 9.04. The van der Waals surface area contributed by atoms with Crippen LogP contribution in [-0.2, 0) is 16.1 Å².